The zero-order chi connectivity index (χ0) is 18.2. The number of hydrogen-bond acceptors (Lipinski definition) is 2. The molecular formula is C21H23FN2O2. The maximum atomic E-state index is 13.4. The van der Waals surface area contributed by atoms with Crippen molar-refractivity contribution in [1.29, 1.82) is 0 Å². The van der Waals surface area contributed by atoms with Gasteiger partial charge in [0.25, 0.3) is 0 Å². The molecule has 0 saturated carbocycles. The van der Waals surface area contributed by atoms with Gasteiger partial charge < -0.3 is 15.0 Å². The van der Waals surface area contributed by atoms with E-state index in [1.54, 1.807) is 18.2 Å². The summed E-state index contributed by atoms with van der Waals surface area (Å²) in [5.41, 5.74) is 2.37. The van der Waals surface area contributed by atoms with E-state index in [0.717, 1.165) is 18.4 Å². The second-order valence-electron chi connectivity index (χ2n) is 6.20. The number of H-pyrrole nitrogens is 1. The SMILES string of the molecule is O=C(CCCc1c[nH]c2ccccc12)NCCCOc1ccccc1F. The number of aryl methyl sites for hydroxylation is 1. The molecule has 0 spiro atoms. The summed E-state index contributed by atoms with van der Waals surface area (Å²) in [6, 6.07) is 14.5. The van der Waals surface area contributed by atoms with Crippen molar-refractivity contribution in [3.8, 4) is 5.75 Å². The minimum absolute atomic E-state index is 0.0377. The Morgan fingerprint density at radius 1 is 1.08 bits per heavy atom. The van der Waals surface area contributed by atoms with Crippen LogP contribution in [0.3, 0.4) is 0 Å². The number of aromatic nitrogens is 1. The first kappa shape index (κ1) is 18.0. The van der Waals surface area contributed by atoms with E-state index in [0.29, 0.717) is 26.0 Å². The third-order valence-corrected chi connectivity index (χ3v) is 4.26. The number of carbonyl (C=O) groups excluding carboxylic acids is 1. The number of hydrogen-bond donors (Lipinski definition) is 2. The van der Waals surface area contributed by atoms with Gasteiger partial charge in [-0.25, -0.2) is 4.39 Å². The molecule has 0 radical (unpaired) electrons. The largest absolute Gasteiger partial charge is 0.490 e. The number of carbonyl (C=O) groups is 1. The fraction of sp³-hybridized carbons (Fsp3) is 0.286. The van der Waals surface area contributed by atoms with E-state index in [9.17, 15) is 9.18 Å². The number of amides is 1. The van der Waals surface area contributed by atoms with Crippen LogP contribution in [0.25, 0.3) is 10.9 Å². The summed E-state index contributed by atoms with van der Waals surface area (Å²) in [4.78, 5) is 15.2. The summed E-state index contributed by atoms with van der Waals surface area (Å²) in [5, 5.41) is 4.10. The first-order valence-electron chi connectivity index (χ1n) is 8.93. The van der Waals surface area contributed by atoms with Crippen molar-refractivity contribution in [3.63, 3.8) is 0 Å². The van der Waals surface area contributed by atoms with Gasteiger partial charge in [0.1, 0.15) is 0 Å². The summed E-state index contributed by atoms with van der Waals surface area (Å²) in [6.45, 7) is 0.900. The molecule has 0 aliphatic rings. The molecule has 4 nitrogen and oxygen atoms in total. The fourth-order valence-corrected chi connectivity index (χ4v) is 2.91. The van der Waals surface area contributed by atoms with Gasteiger partial charge in [-0.1, -0.05) is 30.3 Å². The second-order valence-corrected chi connectivity index (χ2v) is 6.20. The zero-order valence-electron chi connectivity index (χ0n) is 14.6. The van der Waals surface area contributed by atoms with E-state index < -0.39 is 0 Å². The molecule has 2 aromatic carbocycles. The fourth-order valence-electron chi connectivity index (χ4n) is 2.91. The van der Waals surface area contributed by atoms with Crippen LogP contribution in [0, 0.1) is 5.82 Å². The van der Waals surface area contributed by atoms with Crippen LogP contribution >= 0.6 is 0 Å². The van der Waals surface area contributed by atoms with Crippen molar-refractivity contribution in [2.45, 2.75) is 25.7 Å². The molecular weight excluding hydrogens is 331 g/mol. The molecule has 0 atom stereocenters. The summed E-state index contributed by atoms with van der Waals surface area (Å²) in [5.74, 6) is -0.0814. The first-order chi connectivity index (χ1) is 12.7. The monoisotopic (exact) mass is 354 g/mol. The number of para-hydroxylation sites is 2. The lowest BCUT2D eigenvalue weighted by molar-refractivity contribution is -0.121. The molecule has 0 aliphatic carbocycles. The van der Waals surface area contributed by atoms with E-state index in [2.05, 4.69) is 22.4 Å². The van der Waals surface area contributed by atoms with Crippen LogP contribution < -0.4 is 10.1 Å². The zero-order valence-corrected chi connectivity index (χ0v) is 14.6. The lowest BCUT2D eigenvalue weighted by atomic mass is 10.1. The molecule has 1 amide bonds. The minimum Gasteiger partial charge on any atom is -0.490 e. The average Bonchev–Trinajstić information content (AvgIpc) is 3.06. The quantitative estimate of drug-likeness (QED) is 0.566. The molecule has 0 aliphatic heterocycles. The van der Waals surface area contributed by atoms with Crippen LogP contribution in [0.15, 0.2) is 54.7 Å². The highest BCUT2D eigenvalue weighted by Gasteiger charge is 2.06. The number of rotatable bonds is 9. The van der Waals surface area contributed by atoms with Crippen LogP contribution in [0.1, 0.15) is 24.8 Å². The molecule has 2 N–H and O–H groups in total. The topological polar surface area (TPSA) is 54.1 Å². The van der Waals surface area contributed by atoms with E-state index in [4.69, 9.17) is 4.74 Å². The van der Waals surface area contributed by atoms with Gasteiger partial charge >= 0.3 is 0 Å². The van der Waals surface area contributed by atoms with E-state index in [-0.39, 0.29) is 17.5 Å². The Bertz CT molecular complexity index is 860. The van der Waals surface area contributed by atoms with Gasteiger partial charge in [-0.3, -0.25) is 4.79 Å². The number of nitrogens with one attached hydrogen (secondary N) is 2. The molecule has 0 unspecified atom stereocenters. The molecule has 26 heavy (non-hydrogen) atoms. The maximum Gasteiger partial charge on any atom is 0.220 e. The van der Waals surface area contributed by atoms with Crippen LogP contribution in [0.4, 0.5) is 4.39 Å². The molecule has 0 fully saturated rings. The lowest BCUT2D eigenvalue weighted by Crippen LogP contribution is -2.25. The standard InChI is InChI=1S/C21H23FN2O2/c22-18-9-2-4-11-20(18)26-14-6-13-23-21(25)12-5-7-16-15-24-19-10-3-1-8-17(16)19/h1-4,8-11,15,24H,5-7,12-14H2,(H,23,25). The third-order valence-electron chi connectivity index (χ3n) is 4.26. The Morgan fingerprint density at radius 3 is 2.77 bits per heavy atom. The van der Waals surface area contributed by atoms with Crippen LogP contribution in [0.2, 0.25) is 0 Å². The maximum absolute atomic E-state index is 13.4. The second kappa shape index (κ2) is 9.04. The normalized spacial score (nSPS) is 10.8. The van der Waals surface area contributed by atoms with Crippen LogP contribution in [-0.4, -0.2) is 24.0 Å². The van der Waals surface area contributed by atoms with E-state index in [1.165, 1.54) is 17.0 Å². The Hall–Kier alpha value is -2.82. The number of aromatic amines is 1. The van der Waals surface area contributed by atoms with Crippen molar-refractivity contribution >= 4 is 16.8 Å². The van der Waals surface area contributed by atoms with E-state index >= 15 is 0 Å². The molecule has 5 heteroatoms. The summed E-state index contributed by atoms with van der Waals surface area (Å²) in [6.07, 6.45) is 4.83. The smallest absolute Gasteiger partial charge is 0.220 e. The molecule has 3 aromatic rings. The van der Waals surface area contributed by atoms with Crippen molar-refractivity contribution < 1.29 is 13.9 Å². The molecule has 0 bridgehead atoms. The highest BCUT2D eigenvalue weighted by Crippen LogP contribution is 2.19. The number of ether oxygens (including phenoxy) is 1. The number of fused-ring (bicyclic) bond motifs is 1. The van der Waals surface area contributed by atoms with Gasteiger partial charge in [0.2, 0.25) is 5.91 Å². The molecule has 3 rings (SSSR count). The summed E-state index contributed by atoms with van der Waals surface area (Å²) < 4.78 is 18.7. The Morgan fingerprint density at radius 2 is 1.88 bits per heavy atom. The average molecular weight is 354 g/mol. The number of benzene rings is 2. The van der Waals surface area contributed by atoms with Gasteiger partial charge in [-0.2, -0.15) is 0 Å². The molecule has 0 saturated heterocycles. The van der Waals surface area contributed by atoms with Gasteiger partial charge in [-0.15, -0.1) is 0 Å². The highest BCUT2D eigenvalue weighted by atomic mass is 19.1. The summed E-state index contributed by atoms with van der Waals surface area (Å²) >= 11 is 0. The van der Waals surface area contributed by atoms with Gasteiger partial charge in [0, 0.05) is 30.1 Å². The van der Waals surface area contributed by atoms with Crippen LogP contribution in [0.5, 0.6) is 5.75 Å². The molecule has 1 aromatic heterocycles. The van der Waals surface area contributed by atoms with E-state index in [1.807, 2.05) is 18.3 Å². The van der Waals surface area contributed by atoms with Crippen molar-refractivity contribution in [1.82, 2.24) is 10.3 Å². The van der Waals surface area contributed by atoms with Crippen LogP contribution in [-0.2, 0) is 11.2 Å². The molecule has 1 heterocycles. The predicted octanol–water partition coefficient (Wildman–Crippen LogP) is 4.22. The predicted molar refractivity (Wildman–Crippen MR) is 101 cm³/mol. The van der Waals surface area contributed by atoms with Crippen molar-refractivity contribution in [3.05, 3.63) is 66.1 Å². The Balaban J connectivity index is 1.30. The molecule has 136 valence electrons. The van der Waals surface area contributed by atoms with Crippen molar-refractivity contribution in [2.75, 3.05) is 13.2 Å². The lowest BCUT2D eigenvalue weighted by Gasteiger charge is -2.08. The minimum atomic E-state index is -0.367. The Kier molecular flexibility index (Phi) is 6.25. The number of halogens is 1. The van der Waals surface area contributed by atoms with Gasteiger partial charge in [0.15, 0.2) is 11.6 Å². The first-order valence-corrected chi connectivity index (χ1v) is 8.93. The van der Waals surface area contributed by atoms with Crippen molar-refractivity contribution in [2.24, 2.45) is 0 Å². The van der Waals surface area contributed by atoms with Gasteiger partial charge in [-0.05, 0) is 43.0 Å². The summed E-state index contributed by atoms with van der Waals surface area (Å²) in [7, 11) is 0. The Labute approximate surface area is 152 Å². The van der Waals surface area contributed by atoms with Gasteiger partial charge in [0.05, 0.1) is 6.61 Å². The third kappa shape index (κ3) is 4.85. The highest BCUT2D eigenvalue weighted by molar-refractivity contribution is 5.83.